The van der Waals surface area contributed by atoms with Gasteiger partial charge in [0.2, 0.25) is 0 Å². The SMILES string of the molecule is Cc1ccc(NC(N)=NCc2c(O)ccc3c2CCCC3)cc1C. The Kier molecular flexibility index (Phi) is 4.74. The molecule has 0 aromatic heterocycles. The number of hydrogen-bond acceptors (Lipinski definition) is 2. The van der Waals surface area contributed by atoms with E-state index in [0.29, 0.717) is 18.3 Å². The molecule has 0 bridgehead atoms. The van der Waals surface area contributed by atoms with Crippen molar-refractivity contribution in [1.29, 1.82) is 0 Å². The summed E-state index contributed by atoms with van der Waals surface area (Å²) in [5, 5.41) is 13.3. The fraction of sp³-hybridized carbons (Fsp3) is 0.350. The summed E-state index contributed by atoms with van der Waals surface area (Å²) in [5.41, 5.74) is 12.9. The highest BCUT2D eigenvalue weighted by Gasteiger charge is 2.16. The zero-order chi connectivity index (χ0) is 17.1. The van der Waals surface area contributed by atoms with E-state index in [2.05, 4.69) is 36.3 Å². The molecule has 24 heavy (non-hydrogen) atoms. The summed E-state index contributed by atoms with van der Waals surface area (Å²) >= 11 is 0. The lowest BCUT2D eigenvalue weighted by molar-refractivity contribution is 0.465. The van der Waals surface area contributed by atoms with E-state index in [1.54, 1.807) is 6.07 Å². The predicted octanol–water partition coefficient (Wildman–Crippen LogP) is 3.81. The molecule has 0 spiro atoms. The summed E-state index contributed by atoms with van der Waals surface area (Å²) in [6.45, 7) is 4.55. The number of aromatic hydroxyl groups is 1. The van der Waals surface area contributed by atoms with E-state index in [-0.39, 0.29) is 0 Å². The minimum Gasteiger partial charge on any atom is -0.508 e. The second-order valence-electron chi connectivity index (χ2n) is 6.53. The van der Waals surface area contributed by atoms with Gasteiger partial charge in [-0.2, -0.15) is 0 Å². The van der Waals surface area contributed by atoms with Gasteiger partial charge in [0.15, 0.2) is 5.96 Å². The number of nitrogens with one attached hydrogen (secondary N) is 1. The van der Waals surface area contributed by atoms with Crippen LogP contribution in [0.1, 0.15) is 40.7 Å². The highest BCUT2D eigenvalue weighted by Crippen LogP contribution is 2.31. The summed E-state index contributed by atoms with van der Waals surface area (Å²) in [4.78, 5) is 4.43. The van der Waals surface area contributed by atoms with Crippen LogP contribution >= 0.6 is 0 Å². The zero-order valence-corrected chi connectivity index (χ0v) is 14.4. The quantitative estimate of drug-likeness (QED) is 0.594. The minimum absolute atomic E-state index is 0.318. The van der Waals surface area contributed by atoms with E-state index >= 15 is 0 Å². The van der Waals surface area contributed by atoms with Crippen molar-refractivity contribution in [2.24, 2.45) is 10.7 Å². The lowest BCUT2D eigenvalue weighted by atomic mass is 9.88. The Balaban J connectivity index is 1.76. The molecule has 0 saturated heterocycles. The zero-order valence-electron chi connectivity index (χ0n) is 14.4. The average molecular weight is 323 g/mol. The molecule has 4 nitrogen and oxygen atoms in total. The summed E-state index contributed by atoms with van der Waals surface area (Å²) in [6.07, 6.45) is 4.49. The molecule has 0 unspecified atom stereocenters. The van der Waals surface area contributed by atoms with Crippen molar-refractivity contribution in [1.82, 2.24) is 0 Å². The van der Waals surface area contributed by atoms with Gasteiger partial charge in [0.25, 0.3) is 0 Å². The lowest BCUT2D eigenvalue weighted by Gasteiger charge is -2.19. The van der Waals surface area contributed by atoms with Crippen molar-refractivity contribution in [3.05, 3.63) is 58.1 Å². The molecule has 0 saturated carbocycles. The first-order valence-corrected chi connectivity index (χ1v) is 8.51. The Bertz CT molecular complexity index is 781. The van der Waals surface area contributed by atoms with Gasteiger partial charge in [0.1, 0.15) is 5.75 Å². The van der Waals surface area contributed by atoms with Crippen molar-refractivity contribution >= 4 is 11.6 Å². The average Bonchev–Trinajstić information content (AvgIpc) is 2.57. The Labute approximate surface area is 143 Å². The summed E-state index contributed by atoms with van der Waals surface area (Å²) < 4.78 is 0. The van der Waals surface area contributed by atoms with Crippen LogP contribution < -0.4 is 11.1 Å². The molecule has 2 aromatic carbocycles. The van der Waals surface area contributed by atoms with Gasteiger partial charge in [-0.3, -0.25) is 0 Å². The van der Waals surface area contributed by atoms with Gasteiger partial charge in [-0.05, 0) is 80.0 Å². The number of hydrogen-bond donors (Lipinski definition) is 3. The van der Waals surface area contributed by atoms with Gasteiger partial charge in [-0.15, -0.1) is 0 Å². The monoisotopic (exact) mass is 323 g/mol. The molecular weight excluding hydrogens is 298 g/mol. The first kappa shape index (κ1) is 16.4. The number of aryl methyl sites for hydroxylation is 3. The first-order valence-electron chi connectivity index (χ1n) is 8.51. The first-order chi connectivity index (χ1) is 11.5. The Morgan fingerprint density at radius 1 is 1.12 bits per heavy atom. The molecule has 0 radical (unpaired) electrons. The van der Waals surface area contributed by atoms with Crippen LogP contribution in [0.25, 0.3) is 0 Å². The highest BCUT2D eigenvalue weighted by atomic mass is 16.3. The molecule has 0 heterocycles. The number of fused-ring (bicyclic) bond motifs is 1. The molecule has 0 amide bonds. The Hall–Kier alpha value is -2.49. The third-order valence-electron chi connectivity index (χ3n) is 4.81. The maximum absolute atomic E-state index is 10.2. The molecule has 0 atom stereocenters. The van der Waals surface area contributed by atoms with Gasteiger partial charge in [0.05, 0.1) is 6.54 Å². The largest absolute Gasteiger partial charge is 0.508 e. The number of aliphatic imine (C=N–C) groups is 1. The summed E-state index contributed by atoms with van der Waals surface area (Å²) in [6, 6.07) is 9.92. The third kappa shape index (κ3) is 3.53. The van der Waals surface area contributed by atoms with Crippen LogP contribution in [-0.2, 0) is 19.4 Å². The second-order valence-corrected chi connectivity index (χ2v) is 6.53. The molecule has 2 aromatic rings. The molecule has 1 aliphatic rings. The smallest absolute Gasteiger partial charge is 0.193 e. The number of anilines is 1. The predicted molar refractivity (Wildman–Crippen MR) is 99.6 cm³/mol. The molecule has 4 heteroatoms. The van der Waals surface area contributed by atoms with Gasteiger partial charge in [0, 0.05) is 11.3 Å². The van der Waals surface area contributed by atoms with Crippen molar-refractivity contribution in [3.8, 4) is 5.75 Å². The number of guanidine groups is 1. The van der Waals surface area contributed by atoms with Crippen LogP contribution in [0.15, 0.2) is 35.3 Å². The third-order valence-corrected chi connectivity index (χ3v) is 4.81. The maximum atomic E-state index is 10.2. The van der Waals surface area contributed by atoms with E-state index in [1.807, 2.05) is 12.1 Å². The van der Waals surface area contributed by atoms with Crippen molar-refractivity contribution in [2.75, 3.05) is 5.32 Å². The number of phenolic OH excluding ortho intramolecular Hbond substituents is 1. The number of nitrogens with zero attached hydrogens (tertiary/aromatic N) is 1. The molecule has 0 fully saturated rings. The molecule has 1 aliphatic carbocycles. The van der Waals surface area contributed by atoms with Crippen LogP contribution in [0, 0.1) is 13.8 Å². The van der Waals surface area contributed by atoms with Gasteiger partial charge in [-0.25, -0.2) is 4.99 Å². The number of rotatable bonds is 3. The fourth-order valence-corrected chi connectivity index (χ4v) is 3.24. The molecule has 0 aliphatic heterocycles. The number of benzene rings is 2. The standard InChI is InChI=1S/C20H25N3O/c1-13-7-9-16(11-14(13)2)23-20(21)22-12-18-17-6-4-3-5-15(17)8-10-19(18)24/h7-11,24H,3-6,12H2,1-2H3,(H3,21,22,23). The molecule has 3 rings (SSSR count). The fourth-order valence-electron chi connectivity index (χ4n) is 3.24. The molecule has 126 valence electrons. The minimum atomic E-state index is 0.318. The van der Waals surface area contributed by atoms with Crippen LogP contribution in [0.4, 0.5) is 5.69 Å². The van der Waals surface area contributed by atoms with Crippen LogP contribution in [0.5, 0.6) is 5.75 Å². The second kappa shape index (κ2) is 6.95. The van der Waals surface area contributed by atoms with E-state index in [9.17, 15) is 5.11 Å². The van der Waals surface area contributed by atoms with E-state index < -0.39 is 0 Å². The van der Waals surface area contributed by atoms with Crippen molar-refractivity contribution in [2.45, 2.75) is 46.1 Å². The van der Waals surface area contributed by atoms with E-state index in [1.165, 1.54) is 35.1 Å². The Morgan fingerprint density at radius 2 is 1.92 bits per heavy atom. The number of phenols is 1. The van der Waals surface area contributed by atoms with Crippen molar-refractivity contribution in [3.63, 3.8) is 0 Å². The van der Waals surface area contributed by atoms with Gasteiger partial charge >= 0.3 is 0 Å². The lowest BCUT2D eigenvalue weighted by Crippen LogP contribution is -2.22. The van der Waals surface area contributed by atoms with E-state index in [0.717, 1.165) is 24.1 Å². The van der Waals surface area contributed by atoms with Gasteiger partial charge < -0.3 is 16.2 Å². The topological polar surface area (TPSA) is 70.6 Å². The van der Waals surface area contributed by atoms with Crippen LogP contribution in [-0.4, -0.2) is 11.1 Å². The Morgan fingerprint density at radius 3 is 2.71 bits per heavy atom. The molecule has 4 N–H and O–H groups in total. The highest BCUT2D eigenvalue weighted by molar-refractivity contribution is 5.92. The van der Waals surface area contributed by atoms with Crippen molar-refractivity contribution < 1.29 is 5.11 Å². The summed E-state index contributed by atoms with van der Waals surface area (Å²) in [5.74, 6) is 0.685. The molecular formula is C20H25N3O. The normalized spacial score (nSPS) is 14.3. The van der Waals surface area contributed by atoms with Crippen LogP contribution in [0.3, 0.4) is 0 Å². The number of nitrogens with two attached hydrogens (primary N) is 1. The summed E-state index contributed by atoms with van der Waals surface area (Å²) in [7, 11) is 0. The van der Waals surface area contributed by atoms with Gasteiger partial charge in [-0.1, -0.05) is 12.1 Å². The maximum Gasteiger partial charge on any atom is 0.193 e. The van der Waals surface area contributed by atoms with E-state index in [4.69, 9.17) is 5.73 Å². The van der Waals surface area contributed by atoms with Crippen LogP contribution in [0.2, 0.25) is 0 Å².